The summed E-state index contributed by atoms with van der Waals surface area (Å²) in [5.74, 6) is -8.27. The van der Waals surface area contributed by atoms with Gasteiger partial charge in [-0.15, -0.1) is 0 Å². The Balaban J connectivity index is 5.29. The lowest BCUT2D eigenvalue weighted by atomic mass is 10.0. The van der Waals surface area contributed by atoms with Crippen LogP contribution in [-0.2, 0) is 43.2 Å². The molecule has 0 fully saturated rings. The first-order chi connectivity index (χ1) is 21.9. The second-order valence-corrected chi connectivity index (χ2v) is 11.0. The first kappa shape index (κ1) is 42.5. The molecule has 0 aliphatic carbocycles. The van der Waals surface area contributed by atoms with Crippen LogP contribution in [0.25, 0.3) is 0 Å². The number of carbonyl (C=O) groups excluding carboxylic acids is 8. The third-order valence-corrected chi connectivity index (χ3v) is 6.47. The Morgan fingerprint density at radius 3 is 1.64 bits per heavy atom. The van der Waals surface area contributed by atoms with Gasteiger partial charge >= 0.3 is 5.97 Å². The summed E-state index contributed by atoms with van der Waals surface area (Å²) < 4.78 is 0. The highest BCUT2D eigenvalue weighted by atomic mass is 32.1. The van der Waals surface area contributed by atoms with Crippen molar-refractivity contribution in [2.75, 3.05) is 32.0 Å². The molecule has 0 aliphatic rings. The van der Waals surface area contributed by atoms with Gasteiger partial charge in [-0.25, -0.2) is 4.79 Å². The molecule has 0 heterocycles. The molecule has 0 radical (unpaired) electrons. The van der Waals surface area contributed by atoms with Crippen molar-refractivity contribution in [1.82, 2.24) is 37.2 Å². The number of carboxylic acid groups (broad SMARTS) is 1. The quantitative estimate of drug-likeness (QED) is 0.0472. The average Bonchev–Trinajstić information content (AvgIpc) is 3.00. The number of primary amides is 1. The first-order valence-corrected chi connectivity index (χ1v) is 15.1. The largest absolute Gasteiger partial charge is 0.480 e. The van der Waals surface area contributed by atoms with Crippen LogP contribution in [0.3, 0.4) is 0 Å². The van der Waals surface area contributed by atoms with Gasteiger partial charge in [-0.05, 0) is 25.7 Å². The Morgan fingerprint density at radius 2 is 1.19 bits per heavy atom. The van der Waals surface area contributed by atoms with Gasteiger partial charge < -0.3 is 58.9 Å². The van der Waals surface area contributed by atoms with Crippen LogP contribution in [0.2, 0.25) is 0 Å². The molecular weight excluding hydrogens is 646 g/mol. The Hall–Kier alpha value is -4.50. The monoisotopic (exact) mass is 691 g/mol. The number of aliphatic carboxylic acids is 1. The van der Waals surface area contributed by atoms with Crippen LogP contribution < -0.4 is 48.7 Å². The van der Waals surface area contributed by atoms with E-state index in [-0.39, 0.29) is 30.9 Å². The summed E-state index contributed by atoms with van der Waals surface area (Å²) in [7, 11) is 0. The zero-order chi connectivity index (χ0) is 36.3. The number of rotatable bonds is 22. The molecule has 20 nitrogen and oxygen atoms in total. The number of aliphatic hydroxyl groups is 1. The van der Waals surface area contributed by atoms with E-state index >= 15 is 0 Å². The molecule has 13 N–H and O–H groups in total. The molecule has 47 heavy (non-hydrogen) atoms. The van der Waals surface area contributed by atoms with Gasteiger partial charge in [0.05, 0.1) is 26.2 Å². The van der Waals surface area contributed by atoms with Gasteiger partial charge in [0.25, 0.3) is 0 Å². The van der Waals surface area contributed by atoms with Crippen molar-refractivity contribution in [2.45, 2.75) is 70.2 Å². The lowest BCUT2D eigenvalue weighted by Gasteiger charge is -2.23. The number of nitrogens with one attached hydrogen (secondary N) is 7. The molecule has 266 valence electrons. The standard InChI is InChI=1S/C26H45N9O11S/c1-12(2)6-15(23(42)29-9-21(40)33-17(11-47)26(45)46)32-20(39)8-30-24(43)16(10-36)35-25(44)14(4-5-18(28)37)34-22(41)13(3)31-19(38)7-27/h12-17,36,47H,4-11,27H2,1-3H3,(H2,28,37)(H,29,42)(H,30,43)(H,31,38)(H,32,39)(H,33,40)(H,34,41)(H,35,44)(H,45,46). The first-order valence-electron chi connectivity index (χ1n) is 14.4. The fourth-order valence-electron chi connectivity index (χ4n) is 3.64. The fourth-order valence-corrected chi connectivity index (χ4v) is 3.89. The summed E-state index contributed by atoms with van der Waals surface area (Å²) >= 11 is 3.83. The van der Waals surface area contributed by atoms with Gasteiger partial charge in [0.1, 0.15) is 30.2 Å². The van der Waals surface area contributed by atoms with E-state index in [1.807, 2.05) is 0 Å². The maximum Gasteiger partial charge on any atom is 0.327 e. The number of carboxylic acids is 1. The Labute approximate surface area is 276 Å². The van der Waals surface area contributed by atoms with Crippen molar-refractivity contribution >= 4 is 65.9 Å². The predicted octanol–water partition coefficient (Wildman–Crippen LogP) is -6.06. The fraction of sp³-hybridized carbons (Fsp3) is 0.654. The second-order valence-electron chi connectivity index (χ2n) is 10.6. The lowest BCUT2D eigenvalue weighted by Crippen LogP contribution is -2.58. The zero-order valence-corrected chi connectivity index (χ0v) is 27.2. The molecule has 5 unspecified atom stereocenters. The van der Waals surface area contributed by atoms with E-state index in [1.165, 1.54) is 6.92 Å². The molecule has 0 aliphatic heterocycles. The minimum Gasteiger partial charge on any atom is -0.480 e. The highest BCUT2D eigenvalue weighted by molar-refractivity contribution is 7.80. The average molecular weight is 692 g/mol. The lowest BCUT2D eigenvalue weighted by molar-refractivity contribution is -0.141. The Bertz CT molecular complexity index is 1160. The number of carbonyl (C=O) groups is 9. The van der Waals surface area contributed by atoms with Crippen molar-refractivity contribution in [3.05, 3.63) is 0 Å². The molecule has 0 aromatic rings. The predicted molar refractivity (Wildman–Crippen MR) is 167 cm³/mol. The smallest absolute Gasteiger partial charge is 0.327 e. The number of hydrogen-bond donors (Lipinski definition) is 12. The van der Waals surface area contributed by atoms with Gasteiger partial charge in [-0.3, -0.25) is 38.4 Å². The molecule has 0 bridgehead atoms. The second kappa shape index (κ2) is 22.1. The molecule has 5 atom stereocenters. The van der Waals surface area contributed by atoms with E-state index in [1.54, 1.807) is 13.8 Å². The molecule has 0 rings (SSSR count). The summed E-state index contributed by atoms with van der Waals surface area (Å²) in [6, 6.07) is -6.57. The van der Waals surface area contributed by atoms with Gasteiger partial charge in [-0.2, -0.15) is 12.6 Å². The van der Waals surface area contributed by atoms with E-state index in [0.717, 1.165) is 0 Å². The van der Waals surface area contributed by atoms with Gasteiger partial charge in [0.15, 0.2) is 0 Å². The molecule has 0 spiro atoms. The summed E-state index contributed by atoms with van der Waals surface area (Å²) in [5.41, 5.74) is 10.3. The number of amides is 8. The van der Waals surface area contributed by atoms with Crippen LogP contribution in [0.1, 0.15) is 40.0 Å². The number of hydrogen-bond acceptors (Lipinski definition) is 12. The molecule has 21 heteroatoms. The summed E-state index contributed by atoms with van der Waals surface area (Å²) in [6.45, 7) is 2.22. The van der Waals surface area contributed by atoms with Crippen molar-refractivity contribution < 1.29 is 53.4 Å². The topological polar surface area (TPSA) is 330 Å². The Morgan fingerprint density at radius 1 is 0.681 bits per heavy atom. The third-order valence-electron chi connectivity index (χ3n) is 6.11. The molecular formula is C26H45N9O11S. The van der Waals surface area contributed by atoms with Crippen LogP contribution in [0, 0.1) is 5.92 Å². The Kier molecular flexibility index (Phi) is 20.0. The summed E-state index contributed by atoms with van der Waals surface area (Å²) in [6.07, 6.45) is -0.501. The third kappa shape index (κ3) is 17.7. The van der Waals surface area contributed by atoms with Gasteiger partial charge in [0, 0.05) is 12.2 Å². The minimum atomic E-state index is -1.61. The van der Waals surface area contributed by atoms with E-state index in [4.69, 9.17) is 16.6 Å². The number of nitrogens with two attached hydrogens (primary N) is 2. The maximum atomic E-state index is 12.9. The van der Waals surface area contributed by atoms with Crippen molar-refractivity contribution in [2.24, 2.45) is 17.4 Å². The SMILES string of the molecule is CC(C)CC(NC(=O)CNC(=O)C(CO)NC(=O)C(CCC(N)=O)NC(=O)C(C)NC(=O)CN)C(=O)NCC(=O)NC(CS)C(=O)O. The van der Waals surface area contributed by atoms with Crippen molar-refractivity contribution in [1.29, 1.82) is 0 Å². The van der Waals surface area contributed by atoms with Crippen LogP contribution in [0.5, 0.6) is 0 Å². The van der Waals surface area contributed by atoms with E-state index in [2.05, 4.69) is 49.8 Å². The van der Waals surface area contributed by atoms with Gasteiger partial charge in [-0.1, -0.05) is 13.8 Å². The zero-order valence-electron chi connectivity index (χ0n) is 26.3. The molecule has 8 amide bonds. The van der Waals surface area contributed by atoms with E-state index < -0.39 is 110 Å². The van der Waals surface area contributed by atoms with Crippen LogP contribution in [0.4, 0.5) is 0 Å². The highest BCUT2D eigenvalue weighted by Crippen LogP contribution is 2.05. The molecule has 0 aromatic carbocycles. The van der Waals surface area contributed by atoms with E-state index in [9.17, 15) is 48.3 Å². The number of aliphatic hydroxyl groups excluding tert-OH is 1. The molecule has 0 saturated carbocycles. The maximum absolute atomic E-state index is 12.9. The summed E-state index contributed by atoms with van der Waals surface area (Å²) in [4.78, 5) is 109. The minimum absolute atomic E-state index is 0.105. The van der Waals surface area contributed by atoms with Crippen molar-refractivity contribution in [3.63, 3.8) is 0 Å². The molecule has 0 saturated heterocycles. The van der Waals surface area contributed by atoms with Gasteiger partial charge in [0.2, 0.25) is 47.3 Å². The van der Waals surface area contributed by atoms with Crippen LogP contribution >= 0.6 is 12.6 Å². The molecule has 0 aromatic heterocycles. The highest BCUT2D eigenvalue weighted by Gasteiger charge is 2.29. The van der Waals surface area contributed by atoms with Crippen LogP contribution in [-0.4, -0.2) is 126 Å². The summed E-state index contributed by atoms with van der Waals surface area (Å²) in [5, 5.41) is 34.6. The number of thiol groups is 1. The van der Waals surface area contributed by atoms with Crippen molar-refractivity contribution in [3.8, 4) is 0 Å². The van der Waals surface area contributed by atoms with Crippen LogP contribution in [0.15, 0.2) is 0 Å². The van der Waals surface area contributed by atoms with E-state index in [0.29, 0.717) is 0 Å². The normalized spacial score (nSPS) is 13.9.